The van der Waals surface area contributed by atoms with Crippen molar-refractivity contribution in [2.45, 2.75) is 32.4 Å². The average Bonchev–Trinajstić information content (AvgIpc) is 2.88. The smallest absolute Gasteiger partial charge is 0.122 e. The largest absolute Gasteiger partial charge is 0.508 e. The highest BCUT2D eigenvalue weighted by Crippen LogP contribution is 2.31. The first kappa shape index (κ1) is 15.1. The van der Waals surface area contributed by atoms with E-state index in [1.807, 2.05) is 12.1 Å². The zero-order chi connectivity index (χ0) is 14.7. The van der Waals surface area contributed by atoms with Crippen molar-refractivity contribution in [1.82, 2.24) is 10.2 Å². The number of benzene rings is 1. The highest BCUT2D eigenvalue weighted by atomic mass is 16.3. The molecule has 0 aliphatic carbocycles. The number of nitrogens with zero attached hydrogens (tertiary/aromatic N) is 2. The Bertz CT molecular complexity index is 447. The van der Waals surface area contributed by atoms with Crippen molar-refractivity contribution in [1.29, 1.82) is 0 Å². The molecule has 1 heterocycles. The second-order valence-electron chi connectivity index (χ2n) is 5.87. The second kappa shape index (κ2) is 6.46. The van der Waals surface area contributed by atoms with Crippen LogP contribution in [0.5, 0.6) is 5.75 Å². The van der Waals surface area contributed by atoms with Crippen LogP contribution in [0.2, 0.25) is 0 Å². The third kappa shape index (κ3) is 3.25. The van der Waals surface area contributed by atoms with Crippen LogP contribution in [-0.4, -0.2) is 49.8 Å². The van der Waals surface area contributed by atoms with E-state index in [0.29, 0.717) is 11.8 Å². The summed E-state index contributed by atoms with van der Waals surface area (Å²) in [5.74, 6) is 0.393. The lowest BCUT2D eigenvalue weighted by Crippen LogP contribution is -2.31. The molecule has 2 rings (SSSR count). The fourth-order valence-electron chi connectivity index (χ4n) is 2.91. The van der Waals surface area contributed by atoms with Crippen LogP contribution in [-0.2, 0) is 0 Å². The lowest BCUT2D eigenvalue weighted by molar-refractivity contribution is 0.315. The molecular weight excluding hydrogens is 250 g/mol. The van der Waals surface area contributed by atoms with Crippen LogP contribution in [0.3, 0.4) is 0 Å². The van der Waals surface area contributed by atoms with E-state index in [-0.39, 0.29) is 6.04 Å². The number of phenols is 1. The van der Waals surface area contributed by atoms with E-state index in [9.17, 15) is 5.11 Å². The molecule has 112 valence electrons. The van der Waals surface area contributed by atoms with Crippen molar-refractivity contribution in [3.8, 4) is 5.75 Å². The molecule has 1 fully saturated rings. The number of hydrogen-bond donors (Lipinski definition) is 2. The van der Waals surface area contributed by atoms with Gasteiger partial charge in [0.1, 0.15) is 5.75 Å². The summed E-state index contributed by atoms with van der Waals surface area (Å²) in [6.07, 6.45) is 1.18. The van der Waals surface area contributed by atoms with Crippen molar-refractivity contribution in [3.05, 3.63) is 23.8 Å². The maximum atomic E-state index is 10.2. The van der Waals surface area contributed by atoms with Gasteiger partial charge in [-0.3, -0.25) is 0 Å². The first-order valence-corrected chi connectivity index (χ1v) is 7.50. The van der Waals surface area contributed by atoms with Gasteiger partial charge in [-0.05, 0) is 40.1 Å². The van der Waals surface area contributed by atoms with Gasteiger partial charge < -0.3 is 20.2 Å². The summed E-state index contributed by atoms with van der Waals surface area (Å²) >= 11 is 0. The fraction of sp³-hybridized carbons (Fsp3) is 0.625. The van der Waals surface area contributed by atoms with Crippen molar-refractivity contribution >= 4 is 5.69 Å². The fourth-order valence-corrected chi connectivity index (χ4v) is 2.91. The number of hydrogen-bond acceptors (Lipinski definition) is 4. The third-order valence-electron chi connectivity index (χ3n) is 4.25. The number of likely N-dealkylation sites (N-methyl/N-ethyl adjacent to an activating group) is 1. The third-order valence-corrected chi connectivity index (χ3v) is 4.25. The summed E-state index contributed by atoms with van der Waals surface area (Å²) in [7, 11) is 4.26. The van der Waals surface area contributed by atoms with Gasteiger partial charge in [-0.2, -0.15) is 0 Å². The van der Waals surface area contributed by atoms with Crippen LogP contribution in [0.25, 0.3) is 0 Å². The van der Waals surface area contributed by atoms with Crippen molar-refractivity contribution in [3.63, 3.8) is 0 Å². The van der Waals surface area contributed by atoms with Crippen LogP contribution in [0.1, 0.15) is 31.9 Å². The summed E-state index contributed by atoms with van der Waals surface area (Å²) < 4.78 is 0. The zero-order valence-corrected chi connectivity index (χ0v) is 13.1. The Morgan fingerprint density at radius 3 is 2.75 bits per heavy atom. The number of rotatable bonds is 5. The van der Waals surface area contributed by atoms with Crippen molar-refractivity contribution in [2.24, 2.45) is 0 Å². The Labute approximate surface area is 122 Å². The van der Waals surface area contributed by atoms with E-state index in [1.165, 1.54) is 6.42 Å². The first-order chi connectivity index (χ1) is 9.52. The Hall–Kier alpha value is -1.26. The van der Waals surface area contributed by atoms with Crippen molar-refractivity contribution in [2.75, 3.05) is 38.6 Å². The molecule has 1 aromatic carbocycles. The van der Waals surface area contributed by atoms with Crippen LogP contribution >= 0.6 is 0 Å². The number of phenolic OH excluding ortho intramolecular Hbond substituents is 1. The molecule has 1 aromatic rings. The minimum absolute atomic E-state index is 0.183. The van der Waals surface area contributed by atoms with Gasteiger partial charge in [0, 0.05) is 42.5 Å². The van der Waals surface area contributed by atoms with Crippen LogP contribution in [0.4, 0.5) is 5.69 Å². The minimum Gasteiger partial charge on any atom is -0.508 e. The predicted molar refractivity (Wildman–Crippen MR) is 84.5 cm³/mol. The van der Waals surface area contributed by atoms with Gasteiger partial charge in [0.25, 0.3) is 0 Å². The molecule has 2 unspecified atom stereocenters. The highest BCUT2D eigenvalue weighted by Gasteiger charge is 2.24. The summed E-state index contributed by atoms with van der Waals surface area (Å²) in [4.78, 5) is 4.63. The zero-order valence-electron chi connectivity index (χ0n) is 13.1. The normalized spacial score (nSPS) is 20.6. The summed E-state index contributed by atoms with van der Waals surface area (Å²) in [5.41, 5.74) is 2.10. The van der Waals surface area contributed by atoms with Gasteiger partial charge >= 0.3 is 0 Å². The van der Waals surface area contributed by atoms with Gasteiger partial charge in [0.15, 0.2) is 0 Å². The molecule has 20 heavy (non-hydrogen) atoms. The topological polar surface area (TPSA) is 38.7 Å². The van der Waals surface area contributed by atoms with E-state index in [0.717, 1.165) is 30.9 Å². The highest BCUT2D eigenvalue weighted by molar-refractivity contribution is 5.54. The van der Waals surface area contributed by atoms with Crippen LogP contribution in [0, 0.1) is 0 Å². The lowest BCUT2D eigenvalue weighted by Gasteiger charge is -2.23. The quantitative estimate of drug-likeness (QED) is 0.865. The van der Waals surface area contributed by atoms with E-state index < -0.39 is 0 Å². The lowest BCUT2D eigenvalue weighted by atomic mass is 10.1. The maximum Gasteiger partial charge on any atom is 0.122 e. The van der Waals surface area contributed by atoms with E-state index in [2.05, 4.69) is 49.1 Å². The average molecular weight is 277 g/mol. The predicted octanol–water partition coefficient (Wildman–Crippen LogP) is 2.20. The Kier molecular flexibility index (Phi) is 4.89. The standard InChI is InChI=1S/C16H27N3O/c1-5-17-12(2)15-7-6-13(10-16(15)20)19-9-8-14(11-19)18(3)4/h6-7,10,12,14,17,20H,5,8-9,11H2,1-4H3. The summed E-state index contributed by atoms with van der Waals surface area (Å²) in [6, 6.07) is 6.86. The van der Waals surface area contributed by atoms with Crippen LogP contribution < -0.4 is 10.2 Å². The molecule has 0 radical (unpaired) electrons. The molecule has 4 nitrogen and oxygen atoms in total. The molecule has 1 aliphatic rings. The molecule has 1 saturated heterocycles. The Balaban J connectivity index is 2.10. The van der Waals surface area contributed by atoms with Gasteiger partial charge in [0.05, 0.1) is 0 Å². The number of anilines is 1. The van der Waals surface area contributed by atoms with Gasteiger partial charge in [0.2, 0.25) is 0 Å². The molecule has 0 saturated carbocycles. The molecule has 0 aromatic heterocycles. The molecule has 0 amide bonds. The molecule has 2 atom stereocenters. The molecular formula is C16H27N3O. The van der Waals surface area contributed by atoms with E-state index in [1.54, 1.807) is 0 Å². The van der Waals surface area contributed by atoms with E-state index >= 15 is 0 Å². The molecule has 0 spiro atoms. The number of nitrogens with one attached hydrogen (secondary N) is 1. The summed E-state index contributed by atoms with van der Waals surface area (Å²) in [5, 5.41) is 13.6. The minimum atomic E-state index is 0.183. The maximum absolute atomic E-state index is 10.2. The SMILES string of the molecule is CCNC(C)c1ccc(N2CCC(N(C)C)C2)cc1O. The molecule has 0 bridgehead atoms. The second-order valence-corrected chi connectivity index (χ2v) is 5.87. The van der Waals surface area contributed by atoms with Crippen molar-refractivity contribution < 1.29 is 5.11 Å². The Morgan fingerprint density at radius 1 is 1.45 bits per heavy atom. The molecule has 4 heteroatoms. The monoisotopic (exact) mass is 277 g/mol. The van der Waals surface area contributed by atoms with Gasteiger partial charge in [-0.15, -0.1) is 0 Å². The molecule has 1 aliphatic heterocycles. The first-order valence-electron chi connectivity index (χ1n) is 7.50. The van der Waals surface area contributed by atoms with E-state index in [4.69, 9.17) is 0 Å². The number of aromatic hydroxyl groups is 1. The Morgan fingerprint density at radius 2 is 2.20 bits per heavy atom. The summed E-state index contributed by atoms with van der Waals surface area (Å²) in [6.45, 7) is 7.15. The molecule has 2 N–H and O–H groups in total. The van der Waals surface area contributed by atoms with Crippen LogP contribution in [0.15, 0.2) is 18.2 Å². The van der Waals surface area contributed by atoms with Gasteiger partial charge in [-0.1, -0.05) is 13.0 Å². The van der Waals surface area contributed by atoms with Gasteiger partial charge in [-0.25, -0.2) is 0 Å².